The standard InChI is InChI=1S/C12H16BrN/c1-3-5-10(2)14-9-11-6-4-7-12(13)8-11/h3-4,6-8,10,14H,1,5,9H2,2H3. The van der Waals surface area contributed by atoms with Crippen molar-refractivity contribution in [1.29, 1.82) is 0 Å². The van der Waals surface area contributed by atoms with Crippen molar-refractivity contribution < 1.29 is 0 Å². The molecule has 0 aliphatic carbocycles. The summed E-state index contributed by atoms with van der Waals surface area (Å²) >= 11 is 3.46. The van der Waals surface area contributed by atoms with Crippen LogP contribution in [0.3, 0.4) is 0 Å². The highest BCUT2D eigenvalue weighted by molar-refractivity contribution is 9.10. The van der Waals surface area contributed by atoms with Crippen molar-refractivity contribution in [3.63, 3.8) is 0 Å². The number of rotatable bonds is 5. The van der Waals surface area contributed by atoms with Crippen LogP contribution in [0.2, 0.25) is 0 Å². The lowest BCUT2D eigenvalue weighted by atomic mass is 10.2. The third-order valence-electron chi connectivity index (χ3n) is 2.06. The summed E-state index contributed by atoms with van der Waals surface area (Å²) < 4.78 is 1.13. The van der Waals surface area contributed by atoms with Gasteiger partial charge in [0.1, 0.15) is 0 Å². The molecular weight excluding hydrogens is 238 g/mol. The van der Waals surface area contributed by atoms with E-state index in [0.717, 1.165) is 17.4 Å². The first-order valence-corrected chi connectivity index (χ1v) is 5.60. The van der Waals surface area contributed by atoms with Gasteiger partial charge in [0.05, 0.1) is 0 Å². The molecule has 1 nitrogen and oxygen atoms in total. The summed E-state index contributed by atoms with van der Waals surface area (Å²) in [6, 6.07) is 8.84. The molecule has 0 fully saturated rings. The van der Waals surface area contributed by atoms with Gasteiger partial charge in [-0.15, -0.1) is 6.58 Å². The van der Waals surface area contributed by atoms with Gasteiger partial charge in [-0.25, -0.2) is 0 Å². The minimum Gasteiger partial charge on any atom is -0.310 e. The zero-order valence-corrected chi connectivity index (χ0v) is 10.0. The van der Waals surface area contributed by atoms with Crippen LogP contribution in [-0.4, -0.2) is 6.04 Å². The Morgan fingerprint density at radius 2 is 2.36 bits per heavy atom. The minimum atomic E-state index is 0.492. The van der Waals surface area contributed by atoms with E-state index in [1.54, 1.807) is 0 Å². The fourth-order valence-electron chi connectivity index (χ4n) is 1.27. The molecule has 14 heavy (non-hydrogen) atoms. The zero-order valence-electron chi connectivity index (χ0n) is 8.46. The molecule has 1 atom stereocenters. The van der Waals surface area contributed by atoms with Gasteiger partial charge in [-0.2, -0.15) is 0 Å². The first-order valence-electron chi connectivity index (χ1n) is 4.81. The Morgan fingerprint density at radius 1 is 1.57 bits per heavy atom. The highest BCUT2D eigenvalue weighted by Gasteiger charge is 1.98. The van der Waals surface area contributed by atoms with E-state index < -0.39 is 0 Å². The van der Waals surface area contributed by atoms with E-state index >= 15 is 0 Å². The highest BCUT2D eigenvalue weighted by Crippen LogP contribution is 2.11. The number of hydrogen-bond acceptors (Lipinski definition) is 1. The molecular formula is C12H16BrN. The molecule has 0 saturated heterocycles. The quantitative estimate of drug-likeness (QED) is 0.793. The van der Waals surface area contributed by atoms with Gasteiger partial charge in [0, 0.05) is 17.1 Å². The predicted octanol–water partition coefficient (Wildman–Crippen LogP) is 3.50. The average Bonchev–Trinajstić information content (AvgIpc) is 2.15. The molecule has 0 aromatic heterocycles. The Kier molecular flexibility index (Phi) is 4.91. The summed E-state index contributed by atoms with van der Waals surface area (Å²) in [4.78, 5) is 0. The van der Waals surface area contributed by atoms with Gasteiger partial charge >= 0.3 is 0 Å². The number of nitrogens with one attached hydrogen (secondary N) is 1. The van der Waals surface area contributed by atoms with Crippen LogP contribution in [0.15, 0.2) is 41.4 Å². The normalized spacial score (nSPS) is 12.4. The summed E-state index contributed by atoms with van der Waals surface area (Å²) in [6.07, 6.45) is 2.95. The largest absolute Gasteiger partial charge is 0.310 e. The zero-order chi connectivity index (χ0) is 10.4. The summed E-state index contributed by atoms with van der Waals surface area (Å²) in [5.74, 6) is 0. The van der Waals surface area contributed by atoms with E-state index in [-0.39, 0.29) is 0 Å². The van der Waals surface area contributed by atoms with E-state index in [1.165, 1.54) is 5.56 Å². The van der Waals surface area contributed by atoms with Crippen molar-refractivity contribution >= 4 is 15.9 Å². The van der Waals surface area contributed by atoms with E-state index in [0.29, 0.717) is 6.04 Å². The van der Waals surface area contributed by atoms with Crippen LogP contribution < -0.4 is 5.32 Å². The molecule has 0 saturated carbocycles. The Labute approximate surface area is 94.3 Å². The number of halogens is 1. The maximum Gasteiger partial charge on any atom is 0.0208 e. The molecule has 1 unspecified atom stereocenters. The SMILES string of the molecule is C=CCC(C)NCc1cccc(Br)c1. The second kappa shape index (κ2) is 5.99. The van der Waals surface area contributed by atoms with E-state index in [9.17, 15) is 0 Å². The predicted molar refractivity (Wildman–Crippen MR) is 65.3 cm³/mol. The smallest absolute Gasteiger partial charge is 0.0208 e. The summed E-state index contributed by atoms with van der Waals surface area (Å²) in [7, 11) is 0. The maximum absolute atomic E-state index is 3.72. The van der Waals surface area contributed by atoms with Gasteiger partial charge < -0.3 is 5.32 Å². The molecule has 0 aliphatic rings. The van der Waals surface area contributed by atoms with Crippen molar-refractivity contribution in [3.05, 3.63) is 47.0 Å². The van der Waals surface area contributed by atoms with E-state index in [2.05, 4.69) is 52.9 Å². The molecule has 1 N–H and O–H groups in total. The highest BCUT2D eigenvalue weighted by atomic mass is 79.9. The summed E-state index contributed by atoms with van der Waals surface area (Å²) in [6.45, 7) is 6.80. The maximum atomic E-state index is 3.72. The van der Waals surface area contributed by atoms with Gasteiger partial charge in [0.25, 0.3) is 0 Å². The lowest BCUT2D eigenvalue weighted by Gasteiger charge is -2.11. The van der Waals surface area contributed by atoms with Crippen LogP contribution in [0.4, 0.5) is 0 Å². The van der Waals surface area contributed by atoms with E-state index in [1.807, 2.05) is 12.1 Å². The minimum absolute atomic E-state index is 0.492. The van der Waals surface area contributed by atoms with Gasteiger partial charge in [-0.1, -0.05) is 34.1 Å². The molecule has 0 amide bonds. The van der Waals surface area contributed by atoms with Crippen molar-refractivity contribution in [3.8, 4) is 0 Å². The second-order valence-corrected chi connectivity index (χ2v) is 4.35. The van der Waals surface area contributed by atoms with Crippen molar-refractivity contribution in [2.24, 2.45) is 0 Å². The Bertz CT molecular complexity index is 296. The monoisotopic (exact) mass is 253 g/mol. The molecule has 2 heteroatoms. The van der Waals surface area contributed by atoms with Crippen LogP contribution >= 0.6 is 15.9 Å². The Morgan fingerprint density at radius 3 is 3.00 bits per heavy atom. The van der Waals surface area contributed by atoms with Crippen LogP contribution in [0, 0.1) is 0 Å². The molecule has 1 aromatic rings. The Balaban J connectivity index is 2.41. The molecule has 0 heterocycles. The molecule has 0 spiro atoms. The van der Waals surface area contributed by atoms with Crippen molar-refractivity contribution in [2.75, 3.05) is 0 Å². The molecule has 76 valence electrons. The first-order chi connectivity index (χ1) is 6.72. The molecule has 0 bridgehead atoms. The molecule has 0 aliphatic heterocycles. The number of hydrogen-bond donors (Lipinski definition) is 1. The van der Waals surface area contributed by atoms with Crippen LogP contribution in [-0.2, 0) is 6.54 Å². The van der Waals surface area contributed by atoms with Gasteiger partial charge in [0.2, 0.25) is 0 Å². The molecule has 1 aromatic carbocycles. The van der Waals surface area contributed by atoms with Crippen molar-refractivity contribution in [2.45, 2.75) is 25.9 Å². The second-order valence-electron chi connectivity index (χ2n) is 3.44. The topological polar surface area (TPSA) is 12.0 Å². The molecule has 1 rings (SSSR count). The first kappa shape index (κ1) is 11.5. The van der Waals surface area contributed by atoms with Crippen LogP contribution in [0.1, 0.15) is 18.9 Å². The molecule has 0 radical (unpaired) electrons. The van der Waals surface area contributed by atoms with Gasteiger partial charge in [-0.3, -0.25) is 0 Å². The van der Waals surface area contributed by atoms with E-state index in [4.69, 9.17) is 0 Å². The van der Waals surface area contributed by atoms with Gasteiger partial charge in [0.15, 0.2) is 0 Å². The average molecular weight is 254 g/mol. The van der Waals surface area contributed by atoms with Crippen LogP contribution in [0.25, 0.3) is 0 Å². The third kappa shape index (κ3) is 4.07. The lowest BCUT2D eigenvalue weighted by Crippen LogP contribution is -2.24. The lowest BCUT2D eigenvalue weighted by molar-refractivity contribution is 0.554. The summed E-state index contributed by atoms with van der Waals surface area (Å²) in [5, 5.41) is 3.43. The number of benzene rings is 1. The van der Waals surface area contributed by atoms with Crippen molar-refractivity contribution in [1.82, 2.24) is 5.32 Å². The third-order valence-corrected chi connectivity index (χ3v) is 2.56. The Hall–Kier alpha value is -0.600. The van der Waals surface area contributed by atoms with Gasteiger partial charge in [-0.05, 0) is 31.0 Å². The van der Waals surface area contributed by atoms with Crippen LogP contribution in [0.5, 0.6) is 0 Å². The summed E-state index contributed by atoms with van der Waals surface area (Å²) in [5.41, 5.74) is 1.30. The fourth-order valence-corrected chi connectivity index (χ4v) is 1.72. The fraction of sp³-hybridized carbons (Fsp3) is 0.333.